The van der Waals surface area contributed by atoms with Gasteiger partial charge in [0.2, 0.25) is 5.60 Å². The topological polar surface area (TPSA) is 116 Å². The van der Waals surface area contributed by atoms with Crippen molar-refractivity contribution in [3.63, 3.8) is 0 Å². The predicted molar refractivity (Wildman–Crippen MR) is 95.0 cm³/mol. The van der Waals surface area contributed by atoms with Gasteiger partial charge in [-0.25, -0.2) is 9.59 Å². The summed E-state index contributed by atoms with van der Waals surface area (Å²) < 4.78 is 37.7. The highest BCUT2D eigenvalue weighted by Crippen LogP contribution is 2.45. The maximum absolute atomic E-state index is 12.1. The zero-order valence-electron chi connectivity index (χ0n) is 17.1. The Balaban J connectivity index is 2.22. The first-order valence-electron chi connectivity index (χ1n) is 9.23. The molecule has 2 saturated heterocycles. The minimum absolute atomic E-state index is 0.0423. The molecule has 0 aliphatic carbocycles. The van der Waals surface area contributed by atoms with Gasteiger partial charge in [-0.05, 0) is 27.7 Å². The third kappa shape index (κ3) is 4.87. The van der Waals surface area contributed by atoms with Gasteiger partial charge in [-0.1, -0.05) is 5.92 Å². The van der Waals surface area contributed by atoms with Gasteiger partial charge in [0, 0.05) is 6.92 Å². The van der Waals surface area contributed by atoms with Crippen molar-refractivity contribution in [2.24, 2.45) is 0 Å². The summed E-state index contributed by atoms with van der Waals surface area (Å²) in [7, 11) is 0. The van der Waals surface area contributed by atoms with Crippen molar-refractivity contribution in [2.75, 3.05) is 19.8 Å². The summed E-state index contributed by atoms with van der Waals surface area (Å²) in [6.45, 7) is 7.37. The van der Waals surface area contributed by atoms with Crippen molar-refractivity contribution < 1.29 is 47.5 Å². The smallest absolute Gasteiger partial charge is 0.347 e. The van der Waals surface area contributed by atoms with Gasteiger partial charge in [-0.3, -0.25) is 4.79 Å². The fourth-order valence-corrected chi connectivity index (χ4v) is 3.15. The van der Waals surface area contributed by atoms with Crippen LogP contribution in [0.15, 0.2) is 0 Å². The lowest BCUT2D eigenvalue weighted by molar-refractivity contribution is -0.234. The summed E-state index contributed by atoms with van der Waals surface area (Å²) in [6, 6.07) is 0. The van der Waals surface area contributed by atoms with Gasteiger partial charge < -0.3 is 33.2 Å². The van der Waals surface area contributed by atoms with Crippen molar-refractivity contribution >= 4 is 17.9 Å². The van der Waals surface area contributed by atoms with Gasteiger partial charge in [-0.2, -0.15) is 0 Å². The van der Waals surface area contributed by atoms with E-state index in [9.17, 15) is 14.4 Å². The van der Waals surface area contributed by atoms with E-state index in [2.05, 4.69) is 5.92 Å². The van der Waals surface area contributed by atoms with E-state index in [-0.39, 0.29) is 19.8 Å². The summed E-state index contributed by atoms with van der Waals surface area (Å²) in [4.78, 5) is 35.9. The second-order valence-corrected chi connectivity index (χ2v) is 6.80. The van der Waals surface area contributed by atoms with Crippen molar-refractivity contribution in [2.45, 2.75) is 70.6 Å². The molecule has 2 aliphatic rings. The number of rotatable bonds is 8. The molecule has 0 saturated carbocycles. The lowest BCUT2D eigenvalue weighted by Crippen LogP contribution is -2.53. The molecular weight excluding hydrogens is 388 g/mol. The van der Waals surface area contributed by atoms with Crippen LogP contribution in [0.1, 0.15) is 34.6 Å². The molecule has 0 aromatic carbocycles. The van der Waals surface area contributed by atoms with Crippen LogP contribution >= 0.6 is 0 Å². The highest BCUT2D eigenvalue weighted by molar-refractivity contribution is 5.98. The van der Waals surface area contributed by atoms with Crippen LogP contribution in [0.4, 0.5) is 0 Å². The number of terminal acetylenes is 1. The van der Waals surface area contributed by atoms with Crippen molar-refractivity contribution in [3.8, 4) is 12.3 Å². The van der Waals surface area contributed by atoms with E-state index >= 15 is 0 Å². The monoisotopic (exact) mass is 414 g/mol. The second-order valence-electron chi connectivity index (χ2n) is 6.80. The molecule has 2 rings (SSSR count). The lowest BCUT2D eigenvalue weighted by Gasteiger charge is -2.33. The van der Waals surface area contributed by atoms with Gasteiger partial charge in [0.1, 0.15) is 6.10 Å². The number of carbonyl (C=O) groups is 3. The molecule has 0 bridgehead atoms. The Kier molecular flexibility index (Phi) is 7.24. The highest BCUT2D eigenvalue weighted by Gasteiger charge is 2.65. The van der Waals surface area contributed by atoms with E-state index in [1.807, 2.05) is 0 Å². The molecule has 10 heteroatoms. The van der Waals surface area contributed by atoms with Crippen LogP contribution in [0.5, 0.6) is 0 Å². The summed E-state index contributed by atoms with van der Waals surface area (Å²) in [5, 5.41) is 0. The summed E-state index contributed by atoms with van der Waals surface area (Å²) in [5.74, 6) is -1.11. The zero-order chi connectivity index (χ0) is 21.8. The molecule has 2 fully saturated rings. The van der Waals surface area contributed by atoms with Crippen LogP contribution in [0.3, 0.4) is 0 Å². The zero-order valence-corrected chi connectivity index (χ0v) is 17.1. The molecule has 0 amide bonds. The third-order valence-electron chi connectivity index (χ3n) is 4.21. The van der Waals surface area contributed by atoms with Crippen LogP contribution in [0, 0.1) is 12.3 Å². The number of fused-ring (bicyclic) bond motifs is 1. The summed E-state index contributed by atoms with van der Waals surface area (Å²) in [6.07, 6.45) is 1.11. The molecule has 0 radical (unpaired) electrons. The van der Waals surface area contributed by atoms with Crippen LogP contribution < -0.4 is 0 Å². The quantitative estimate of drug-likeness (QED) is 0.238. The van der Waals surface area contributed by atoms with Crippen molar-refractivity contribution in [1.29, 1.82) is 0 Å². The van der Waals surface area contributed by atoms with Crippen LogP contribution in [-0.4, -0.2) is 73.7 Å². The van der Waals surface area contributed by atoms with E-state index in [4.69, 9.17) is 39.6 Å². The fourth-order valence-electron chi connectivity index (χ4n) is 3.15. The molecule has 0 aromatic heterocycles. The molecule has 0 aromatic rings. The van der Waals surface area contributed by atoms with Gasteiger partial charge in [-0.15, -0.1) is 6.42 Å². The number of ether oxygens (including phenoxy) is 7. The molecular formula is C19H26O10. The number of hydrogen-bond acceptors (Lipinski definition) is 10. The van der Waals surface area contributed by atoms with E-state index < -0.39 is 53.9 Å². The fraction of sp³-hybridized carbons (Fsp3) is 0.737. The molecule has 10 nitrogen and oxygen atoms in total. The molecule has 2 heterocycles. The first-order valence-corrected chi connectivity index (χ1v) is 9.23. The second kappa shape index (κ2) is 9.09. The van der Waals surface area contributed by atoms with Gasteiger partial charge in [0.15, 0.2) is 18.2 Å². The van der Waals surface area contributed by atoms with Crippen molar-refractivity contribution in [1.82, 2.24) is 0 Å². The third-order valence-corrected chi connectivity index (χ3v) is 4.21. The first-order chi connectivity index (χ1) is 13.6. The van der Waals surface area contributed by atoms with Gasteiger partial charge in [0.05, 0.1) is 19.8 Å². The SMILES string of the molecule is C#C[C@@]1(OC(C)=O)[C@@H](COC(C(=O)OCC)C(=O)OCC)O[C@@H]2OC(C)(C)O[C@@H]21. The first kappa shape index (κ1) is 23.1. The minimum Gasteiger partial charge on any atom is -0.464 e. The molecule has 162 valence electrons. The number of esters is 3. The van der Waals surface area contributed by atoms with Crippen LogP contribution in [0.25, 0.3) is 0 Å². The molecule has 2 aliphatic heterocycles. The van der Waals surface area contributed by atoms with Crippen molar-refractivity contribution in [3.05, 3.63) is 0 Å². The Labute approximate surface area is 169 Å². The Bertz CT molecular complexity index is 663. The Morgan fingerprint density at radius 1 is 1.10 bits per heavy atom. The average molecular weight is 414 g/mol. The standard InChI is InChI=1S/C19H26O10/c1-7-19(27-11(4)20)12(26-17-14(19)28-18(5,6)29-17)10-25-13(15(21)23-8-2)16(22)24-9-3/h1,12-14,17H,8-10H2,2-6H3/t12-,14+,17-,19-/m1/s1. The molecule has 29 heavy (non-hydrogen) atoms. The largest absolute Gasteiger partial charge is 0.464 e. The van der Waals surface area contributed by atoms with E-state index in [0.29, 0.717) is 0 Å². The minimum atomic E-state index is -1.68. The normalized spacial score (nSPS) is 29.8. The number of hydrogen-bond donors (Lipinski definition) is 0. The summed E-state index contributed by atoms with van der Waals surface area (Å²) in [5.41, 5.74) is -1.68. The van der Waals surface area contributed by atoms with E-state index in [0.717, 1.165) is 0 Å². The maximum Gasteiger partial charge on any atom is 0.347 e. The highest BCUT2D eigenvalue weighted by atomic mass is 16.8. The van der Waals surface area contributed by atoms with Crippen LogP contribution in [-0.2, 0) is 47.5 Å². The van der Waals surface area contributed by atoms with Gasteiger partial charge in [0.25, 0.3) is 6.10 Å². The Morgan fingerprint density at radius 3 is 2.17 bits per heavy atom. The molecule has 4 atom stereocenters. The molecule has 0 spiro atoms. The predicted octanol–water partition coefficient (Wildman–Crippen LogP) is 0.309. The molecule has 0 unspecified atom stereocenters. The summed E-state index contributed by atoms with van der Waals surface area (Å²) >= 11 is 0. The maximum atomic E-state index is 12.1. The average Bonchev–Trinajstić information content (AvgIpc) is 3.06. The number of carbonyl (C=O) groups excluding carboxylic acids is 3. The van der Waals surface area contributed by atoms with E-state index in [1.54, 1.807) is 27.7 Å². The van der Waals surface area contributed by atoms with E-state index in [1.165, 1.54) is 6.92 Å². The molecule has 0 N–H and O–H groups in total. The van der Waals surface area contributed by atoms with Gasteiger partial charge >= 0.3 is 17.9 Å². The Hall–Kier alpha value is -2.19. The lowest BCUT2D eigenvalue weighted by atomic mass is 9.93. The Morgan fingerprint density at radius 2 is 1.69 bits per heavy atom. The van der Waals surface area contributed by atoms with Crippen LogP contribution in [0.2, 0.25) is 0 Å².